The van der Waals surface area contributed by atoms with E-state index in [0.717, 1.165) is 19.6 Å². The predicted molar refractivity (Wildman–Crippen MR) is 74.7 cm³/mol. The summed E-state index contributed by atoms with van der Waals surface area (Å²) in [5, 5.41) is 3.54. The number of hydrogen-bond donors (Lipinski definition) is 2. The van der Waals surface area contributed by atoms with Crippen molar-refractivity contribution in [1.82, 2.24) is 5.32 Å². The van der Waals surface area contributed by atoms with E-state index in [4.69, 9.17) is 10.5 Å². The van der Waals surface area contributed by atoms with Crippen LogP contribution in [0.25, 0.3) is 0 Å². The predicted octanol–water partition coefficient (Wildman–Crippen LogP) is 2.07. The number of nitrogens with one attached hydrogen (secondary N) is 1. The van der Waals surface area contributed by atoms with Crippen molar-refractivity contribution < 1.29 is 4.74 Å². The molecule has 2 unspecified atom stereocenters. The maximum Gasteiger partial charge on any atom is 0.0700 e. The largest absolute Gasteiger partial charge is 0.377 e. The number of benzene rings is 1. The molecule has 1 aliphatic heterocycles. The number of aryl methyl sites for hydroxylation is 2. The van der Waals surface area contributed by atoms with Gasteiger partial charge in [0.15, 0.2) is 0 Å². The van der Waals surface area contributed by atoms with Crippen LogP contribution >= 0.6 is 0 Å². The number of rotatable bonds is 5. The van der Waals surface area contributed by atoms with Gasteiger partial charge in [0, 0.05) is 25.7 Å². The van der Waals surface area contributed by atoms with Gasteiger partial charge < -0.3 is 15.8 Å². The molecule has 1 heterocycles. The fraction of sp³-hybridized carbons (Fsp3) is 0.600. The maximum atomic E-state index is 5.89. The van der Waals surface area contributed by atoms with Gasteiger partial charge in [-0.15, -0.1) is 0 Å². The molecular weight excluding hydrogens is 224 g/mol. The summed E-state index contributed by atoms with van der Waals surface area (Å²) in [5.74, 6) is 0. The first-order valence-corrected chi connectivity index (χ1v) is 6.83. The zero-order valence-electron chi connectivity index (χ0n) is 11.4. The first-order chi connectivity index (χ1) is 8.70. The summed E-state index contributed by atoms with van der Waals surface area (Å²) in [6.07, 6.45) is 2.71. The Labute approximate surface area is 110 Å². The summed E-state index contributed by atoms with van der Waals surface area (Å²) in [6, 6.07) is 6.78. The van der Waals surface area contributed by atoms with E-state index in [0.29, 0.717) is 12.6 Å². The van der Waals surface area contributed by atoms with Crippen LogP contribution < -0.4 is 11.1 Å². The Kier molecular flexibility index (Phi) is 4.75. The molecule has 0 bridgehead atoms. The molecular formula is C15H24N2O. The minimum Gasteiger partial charge on any atom is -0.377 e. The lowest BCUT2D eigenvalue weighted by atomic mass is 9.99. The van der Waals surface area contributed by atoms with Crippen molar-refractivity contribution in [3.63, 3.8) is 0 Å². The van der Waals surface area contributed by atoms with Gasteiger partial charge in [0.1, 0.15) is 0 Å². The molecule has 0 amide bonds. The fourth-order valence-electron chi connectivity index (χ4n) is 2.62. The molecule has 3 N–H and O–H groups in total. The summed E-state index contributed by atoms with van der Waals surface area (Å²) in [7, 11) is 0. The molecule has 1 aromatic rings. The van der Waals surface area contributed by atoms with Gasteiger partial charge in [-0.3, -0.25) is 0 Å². The summed E-state index contributed by atoms with van der Waals surface area (Å²) in [6.45, 7) is 6.70. The van der Waals surface area contributed by atoms with Crippen molar-refractivity contribution in [2.45, 2.75) is 38.8 Å². The fourth-order valence-corrected chi connectivity index (χ4v) is 2.62. The third-order valence-corrected chi connectivity index (χ3v) is 3.65. The third kappa shape index (κ3) is 3.31. The van der Waals surface area contributed by atoms with E-state index in [1.54, 1.807) is 0 Å². The molecule has 3 nitrogen and oxygen atoms in total. The minimum absolute atomic E-state index is 0.231. The van der Waals surface area contributed by atoms with Crippen LogP contribution in [0, 0.1) is 13.8 Å². The summed E-state index contributed by atoms with van der Waals surface area (Å²) < 4.78 is 5.63. The van der Waals surface area contributed by atoms with Gasteiger partial charge in [0.25, 0.3) is 0 Å². The van der Waals surface area contributed by atoms with E-state index in [1.807, 2.05) is 0 Å². The van der Waals surface area contributed by atoms with Crippen molar-refractivity contribution in [3.8, 4) is 0 Å². The molecule has 1 saturated heterocycles. The highest BCUT2D eigenvalue weighted by Gasteiger charge is 2.18. The summed E-state index contributed by atoms with van der Waals surface area (Å²) in [5.41, 5.74) is 9.81. The van der Waals surface area contributed by atoms with Gasteiger partial charge in [0.05, 0.1) is 6.10 Å². The molecule has 0 aromatic heterocycles. The van der Waals surface area contributed by atoms with Gasteiger partial charge in [-0.2, -0.15) is 0 Å². The number of ether oxygens (including phenoxy) is 1. The average molecular weight is 248 g/mol. The second kappa shape index (κ2) is 6.32. The van der Waals surface area contributed by atoms with Crippen LogP contribution in [0.2, 0.25) is 0 Å². The van der Waals surface area contributed by atoms with Crippen LogP contribution in [0.1, 0.15) is 35.6 Å². The summed E-state index contributed by atoms with van der Waals surface area (Å²) in [4.78, 5) is 0. The molecule has 2 rings (SSSR count). The van der Waals surface area contributed by atoms with Crippen LogP contribution in [0.3, 0.4) is 0 Å². The van der Waals surface area contributed by atoms with E-state index in [9.17, 15) is 0 Å². The van der Waals surface area contributed by atoms with Crippen molar-refractivity contribution in [1.29, 1.82) is 0 Å². The highest BCUT2D eigenvalue weighted by Crippen LogP contribution is 2.19. The molecule has 1 fully saturated rings. The molecule has 1 aromatic carbocycles. The topological polar surface area (TPSA) is 47.3 Å². The Balaban J connectivity index is 1.98. The quantitative estimate of drug-likeness (QED) is 0.838. The molecule has 0 spiro atoms. The molecule has 1 aliphatic rings. The van der Waals surface area contributed by atoms with Crippen LogP contribution in [0.4, 0.5) is 0 Å². The standard InChI is InChI=1S/C15H24N2O/c1-11-5-6-14(12(2)8-11)15(9-16)17-10-13-4-3-7-18-13/h5-6,8,13,15,17H,3-4,7,9-10,16H2,1-2H3. The van der Waals surface area contributed by atoms with Crippen molar-refractivity contribution >= 4 is 0 Å². The molecule has 0 aliphatic carbocycles. The lowest BCUT2D eigenvalue weighted by Crippen LogP contribution is -2.34. The SMILES string of the molecule is Cc1ccc(C(CN)NCC2CCCO2)c(C)c1. The Morgan fingerprint density at radius 3 is 2.89 bits per heavy atom. The van der Waals surface area contributed by atoms with Gasteiger partial charge in [-0.1, -0.05) is 23.8 Å². The normalized spacial score (nSPS) is 21.2. The zero-order valence-corrected chi connectivity index (χ0v) is 11.4. The van der Waals surface area contributed by atoms with E-state index in [1.165, 1.54) is 23.1 Å². The van der Waals surface area contributed by atoms with Gasteiger partial charge in [-0.25, -0.2) is 0 Å². The van der Waals surface area contributed by atoms with E-state index >= 15 is 0 Å². The Hall–Kier alpha value is -0.900. The van der Waals surface area contributed by atoms with Gasteiger partial charge in [-0.05, 0) is 37.8 Å². The first kappa shape index (κ1) is 13.5. The lowest BCUT2D eigenvalue weighted by molar-refractivity contribution is 0.107. The smallest absolute Gasteiger partial charge is 0.0700 e. The summed E-state index contributed by atoms with van der Waals surface area (Å²) >= 11 is 0. The van der Waals surface area contributed by atoms with Gasteiger partial charge >= 0.3 is 0 Å². The van der Waals surface area contributed by atoms with E-state index in [2.05, 4.69) is 37.4 Å². The van der Waals surface area contributed by atoms with Crippen molar-refractivity contribution in [2.75, 3.05) is 19.7 Å². The number of nitrogens with two attached hydrogens (primary N) is 1. The van der Waals surface area contributed by atoms with Crippen LogP contribution in [0.15, 0.2) is 18.2 Å². The Bertz CT molecular complexity index is 386. The minimum atomic E-state index is 0.231. The van der Waals surface area contributed by atoms with Crippen LogP contribution in [-0.2, 0) is 4.74 Å². The van der Waals surface area contributed by atoms with E-state index in [-0.39, 0.29) is 6.04 Å². The second-order valence-corrected chi connectivity index (χ2v) is 5.19. The highest BCUT2D eigenvalue weighted by atomic mass is 16.5. The zero-order chi connectivity index (χ0) is 13.0. The molecule has 3 heteroatoms. The lowest BCUT2D eigenvalue weighted by Gasteiger charge is -2.21. The monoisotopic (exact) mass is 248 g/mol. The second-order valence-electron chi connectivity index (χ2n) is 5.19. The Morgan fingerprint density at radius 1 is 1.44 bits per heavy atom. The number of hydrogen-bond acceptors (Lipinski definition) is 3. The average Bonchev–Trinajstić information content (AvgIpc) is 2.85. The van der Waals surface area contributed by atoms with Gasteiger partial charge in [0.2, 0.25) is 0 Å². The van der Waals surface area contributed by atoms with Crippen molar-refractivity contribution in [3.05, 3.63) is 34.9 Å². The van der Waals surface area contributed by atoms with Crippen LogP contribution in [0.5, 0.6) is 0 Å². The third-order valence-electron chi connectivity index (χ3n) is 3.65. The molecule has 2 atom stereocenters. The Morgan fingerprint density at radius 2 is 2.28 bits per heavy atom. The van der Waals surface area contributed by atoms with Crippen LogP contribution in [-0.4, -0.2) is 25.8 Å². The highest BCUT2D eigenvalue weighted by molar-refractivity contribution is 5.33. The molecule has 100 valence electrons. The molecule has 0 saturated carbocycles. The molecule has 0 radical (unpaired) electrons. The maximum absolute atomic E-state index is 5.89. The first-order valence-electron chi connectivity index (χ1n) is 6.83. The van der Waals surface area contributed by atoms with Crippen molar-refractivity contribution in [2.24, 2.45) is 5.73 Å². The van der Waals surface area contributed by atoms with E-state index < -0.39 is 0 Å². The molecule has 18 heavy (non-hydrogen) atoms.